The zero-order valence-corrected chi connectivity index (χ0v) is 10.7. The van der Waals surface area contributed by atoms with Crippen molar-refractivity contribution in [3.8, 4) is 0 Å². The summed E-state index contributed by atoms with van der Waals surface area (Å²) in [6.07, 6.45) is 0.741. The Bertz CT molecular complexity index is 321. The first-order valence-corrected chi connectivity index (χ1v) is 5.57. The highest BCUT2D eigenvalue weighted by Gasteiger charge is 2.26. The smallest absolute Gasteiger partial charge is 0.247 e. The molecular weight excluding hydrogens is 206 g/mol. The molecule has 92 valence electrons. The van der Waals surface area contributed by atoms with Gasteiger partial charge >= 0.3 is 0 Å². The zero-order valence-electron chi connectivity index (χ0n) is 10.7. The van der Waals surface area contributed by atoms with Gasteiger partial charge in [0.2, 0.25) is 11.8 Å². The lowest BCUT2D eigenvalue weighted by molar-refractivity contribution is -0.00452. The third-order valence-corrected chi connectivity index (χ3v) is 2.38. The van der Waals surface area contributed by atoms with E-state index < -0.39 is 5.60 Å². The second-order valence-corrected chi connectivity index (χ2v) is 4.57. The van der Waals surface area contributed by atoms with Crippen LogP contribution in [0.15, 0.2) is 4.42 Å². The molecule has 5 nitrogen and oxygen atoms in total. The summed E-state index contributed by atoms with van der Waals surface area (Å²) >= 11 is 0. The molecule has 0 saturated heterocycles. The Kier molecular flexibility index (Phi) is 4.44. The van der Waals surface area contributed by atoms with E-state index in [-0.39, 0.29) is 0 Å². The summed E-state index contributed by atoms with van der Waals surface area (Å²) in [5.74, 6) is 1.17. The zero-order chi connectivity index (χ0) is 12.2. The van der Waals surface area contributed by atoms with Crippen molar-refractivity contribution in [3.05, 3.63) is 11.8 Å². The van der Waals surface area contributed by atoms with Gasteiger partial charge in [0.05, 0.1) is 0 Å². The minimum absolute atomic E-state index is 0.470. The Morgan fingerprint density at radius 1 is 1.38 bits per heavy atom. The summed E-state index contributed by atoms with van der Waals surface area (Å²) in [4.78, 5) is 0. The van der Waals surface area contributed by atoms with E-state index in [9.17, 15) is 0 Å². The van der Waals surface area contributed by atoms with Crippen molar-refractivity contribution in [3.63, 3.8) is 0 Å². The van der Waals surface area contributed by atoms with E-state index in [2.05, 4.69) is 29.4 Å². The number of methoxy groups -OCH3 is 1. The van der Waals surface area contributed by atoms with Crippen molar-refractivity contribution in [2.24, 2.45) is 0 Å². The Hall–Kier alpha value is -0.940. The normalized spacial score (nSPS) is 12.4. The van der Waals surface area contributed by atoms with Gasteiger partial charge < -0.3 is 14.5 Å². The lowest BCUT2D eigenvalue weighted by atomic mass is 10.1. The molecule has 0 fully saturated rings. The van der Waals surface area contributed by atoms with Gasteiger partial charge in [0.25, 0.3) is 0 Å². The van der Waals surface area contributed by atoms with Gasteiger partial charge in [0.1, 0.15) is 5.60 Å². The Morgan fingerprint density at radius 2 is 2.06 bits per heavy atom. The lowest BCUT2D eigenvalue weighted by Crippen LogP contribution is -2.25. The molecule has 0 unspecified atom stereocenters. The maximum atomic E-state index is 5.53. The van der Waals surface area contributed by atoms with Crippen LogP contribution in [-0.4, -0.2) is 29.9 Å². The standard InChI is InChI=1S/C11H21N3O2/c1-8(2)12-7-6-9-13-14-10(16-9)11(3,4)15-5/h8,12H,6-7H2,1-5H3. The molecule has 1 rings (SSSR count). The second-order valence-electron chi connectivity index (χ2n) is 4.57. The van der Waals surface area contributed by atoms with E-state index in [1.165, 1.54) is 0 Å². The number of ether oxygens (including phenoxy) is 1. The monoisotopic (exact) mass is 227 g/mol. The van der Waals surface area contributed by atoms with Gasteiger partial charge in [0.15, 0.2) is 0 Å². The Labute approximate surface area is 96.6 Å². The van der Waals surface area contributed by atoms with E-state index in [1.807, 2.05) is 13.8 Å². The number of nitrogens with zero attached hydrogens (tertiary/aromatic N) is 2. The number of aromatic nitrogens is 2. The van der Waals surface area contributed by atoms with Crippen molar-refractivity contribution >= 4 is 0 Å². The van der Waals surface area contributed by atoms with E-state index in [1.54, 1.807) is 7.11 Å². The highest BCUT2D eigenvalue weighted by Crippen LogP contribution is 2.21. The lowest BCUT2D eigenvalue weighted by Gasteiger charge is -2.17. The average molecular weight is 227 g/mol. The first-order valence-electron chi connectivity index (χ1n) is 5.57. The van der Waals surface area contributed by atoms with Gasteiger partial charge in [-0.2, -0.15) is 0 Å². The molecule has 0 saturated carbocycles. The summed E-state index contributed by atoms with van der Waals surface area (Å²) in [6.45, 7) is 8.85. The molecule has 16 heavy (non-hydrogen) atoms. The summed E-state index contributed by atoms with van der Waals surface area (Å²) in [6, 6.07) is 0.470. The van der Waals surface area contributed by atoms with Crippen LogP contribution in [0, 0.1) is 0 Å². The minimum Gasteiger partial charge on any atom is -0.422 e. The fourth-order valence-corrected chi connectivity index (χ4v) is 1.15. The van der Waals surface area contributed by atoms with Gasteiger partial charge in [-0.05, 0) is 13.8 Å². The maximum Gasteiger partial charge on any atom is 0.247 e. The molecule has 1 aromatic heterocycles. The van der Waals surface area contributed by atoms with Crippen molar-refractivity contribution in [1.29, 1.82) is 0 Å². The molecule has 0 bridgehead atoms. The van der Waals surface area contributed by atoms with Crippen LogP contribution in [0.3, 0.4) is 0 Å². The molecule has 0 aliphatic heterocycles. The Balaban J connectivity index is 2.52. The van der Waals surface area contributed by atoms with Crippen molar-refractivity contribution < 1.29 is 9.15 Å². The van der Waals surface area contributed by atoms with Gasteiger partial charge in [-0.15, -0.1) is 10.2 Å². The summed E-state index contributed by atoms with van der Waals surface area (Å²) in [5, 5.41) is 11.3. The van der Waals surface area contributed by atoms with Gasteiger partial charge in [-0.25, -0.2) is 0 Å². The van der Waals surface area contributed by atoms with E-state index in [4.69, 9.17) is 9.15 Å². The molecular formula is C11H21N3O2. The first-order chi connectivity index (χ1) is 7.45. The van der Waals surface area contributed by atoms with Gasteiger partial charge in [-0.1, -0.05) is 13.8 Å². The minimum atomic E-state index is -0.517. The van der Waals surface area contributed by atoms with Gasteiger partial charge in [0, 0.05) is 26.1 Å². The number of nitrogens with one attached hydrogen (secondary N) is 1. The molecule has 5 heteroatoms. The average Bonchev–Trinajstić information content (AvgIpc) is 2.66. The van der Waals surface area contributed by atoms with E-state index in [0.29, 0.717) is 17.8 Å². The van der Waals surface area contributed by atoms with Crippen molar-refractivity contribution in [2.45, 2.75) is 45.8 Å². The molecule has 1 heterocycles. The van der Waals surface area contributed by atoms with Crippen LogP contribution in [0.5, 0.6) is 0 Å². The van der Waals surface area contributed by atoms with E-state index in [0.717, 1.165) is 13.0 Å². The number of hydrogen-bond acceptors (Lipinski definition) is 5. The molecule has 0 spiro atoms. The predicted octanol–water partition coefficient (Wildman–Crippen LogP) is 1.49. The molecule has 1 N–H and O–H groups in total. The van der Waals surface area contributed by atoms with Crippen LogP contribution in [0.4, 0.5) is 0 Å². The first kappa shape index (κ1) is 13.1. The van der Waals surface area contributed by atoms with E-state index >= 15 is 0 Å². The van der Waals surface area contributed by atoms with Gasteiger partial charge in [-0.3, -0.25) is 0 Å². The largest absolute Gasteiger partial charge is 0.422 e. The second kappa shape index (κ2) is 5.41. The van der Waals surface area contributed by atoms with Crippen LogP contribution in [0.2, 0.25) is 0 Å². The molecule has 0 aliphatic carbocycles. The van der Waals surface area contributed by atoms with Crippen LogP contribution < -0.4 is 5.32 Å². The quantitative estimate of drug-likeness (QED) is 0.798. The summed E-state index contributed by atoms with van der Waals surface area (Å²) < 4.78 is 10.8. The van der Waals surface area contributed by atoms with Crippen LogP contribution in [0.25, 0.3) is 0 Å². The fourth-order valence-electron chi connectivity index (χ4n) is 1.15. The third kappa shape index (κ3) is 3.57. The highest BCUT2D eigenvalue weighted by atomic mass is 16.5. The third-order valence-electron chi connectivity index (χ3n) is 2.38. The van der Waals surface area contributed by atoms with Crippen molar-refractivity contribution in [1.82, 2.24) is 15.5 Å². The topological polar surface area (TPSA) is 60.2 Å². The Morgan fingerprint density at radius 3 is 2.62 bits per heavy atom. The number of hydrogen-bond donors (Lipinski definition) is 1. The molecule has 0 radical (unpaired) electrons. The molecule has 0 aliphatic rings. The van der Waals surface area contributed by atoms with Crippen LogP contribution >= 0.6 is 0 Å². The molecule has 1 aromatic rings. The highest BCUT2D eigenvalue weighted by molar-refractivity contribution is 4.93. The van der Waals surface area contributed by atoms with Crippen LogP contribution in [-0.2, 0) is 16.8 Å². The molecule has 0 amide bonds. The molecule has 0 aromatic carbocycles. The maximum absolute atomic E-state index is 5.53. The summed E-state index contributed by atoms with van der Waals surface area (Å²) in [7, 11) is 1.63. The van der Waals surface area contributed by atoms with Crippen molar-refractivity contribution in [2.75, 3.05) is 13.7 Å². The fraction of sp³-hybridized carbons (Fsp3) is 0.818. The number of rotatable bonds is 6. The predicted molar refractivity (Wildman–Crippen MR) is 61.2 cm³/mol. The molecule has 0 atom stereocenters. The van der Waals surface area contributed by atoms with Crippen LogP contribution in [0.1, 0.15) is 39.5 Å². The summed E-state index contributed by atoms with van der Waals surface area (Å²) in [5.41, 5.74) is -0.517. The SMILES string of the molecule is COC(C)(C)c1nnc(CCNC(C)C)o1.